The summed E-state index contributed by atoms with van der Waals surface area (Å²) < 4.78 is 49.2. The number of aromatic nitrogens is 3. The minimum atomic E-state index is -4.46. The number of fused-ring (bicyclic) bond motifs is 2. The molecule has 184 valence electrons. The molecule has 0 saturated carbocycles. The molecule has 5 rings (SSSR count). The molecule has 3 aromatic heterocycles. The highest BCUT2D eigenvalue weighted by Crippen LogP contribution is 2.33. The normalized spacial score (nSPS) is 16.9. The van der Waals surface area contributed by atoms with Crippen molar-refractivity contribution in [3.8, 4) is 17.5 Å². The van der Waals surface area contributed by atoms with Crippen LogP contribution in [-0.2, 0) is 25.7 Å². The monoisotopic (exact) mass is 481 g/mol. The summed E-state index contributed by atoms with van der Waals surface area (Å²) in [5.74, 6) is -0.997. The van der Waals surface area contributed by atoms with E-state index < -0.39 is 16.9 Å². The van der Waals surface area contributed by atoms with Crippen molar-refractivity contribution in [2.24, 2.45) is 0 Å². The molecule has 2 aliphatic heterocycles. The van der Waals surface area contributed by atoms with Crippen LogP contribution < -0.4 is 4.74 Å². The van der Waals surface area contributed by atoms with Gasteiger partial charge in [0.1, 0.15) is 18.0 Å². The average Bonchev–Trinajstić information content (AvgIpc) is 3.50. The maximum Gasteiger partial charge on any atom is 0.449 e. The Kier molecular flexibility index (Phi) is 7.60. The number of rotatable bonds is 2. The van der Waals surface area contributed by atoms with Gasteiger partial charge in [-0.2, -0.15) is 13.2 Å². The number of alkyl halides is 3. The number of hydrogen-bond donors (Lipinski definition) is 0. The molecular formula is C22H26F3N5O4. The van der Waals surface area contributed by atoms with E-state index in [9.17, 15) is 23.3 Å². The first-order valence-electron chi connectivity index (χ1n) is 10.8. The smallest absolute Gasteiger partial charge is 0.449 e. The first-order valence-corrected chi connectivity index (χ1v) is 10.8. The molecular weight excluding hydrogens is 455 g/mol. The van der Waals surface area contributed by atoms with Gasteiger partial charge in [0.2, 0.25) is 5.76 Å². The van der Waals surface area contributed by atoms with E-state index in [1.54, 1.807) is 10.6 Å². The van der Waals surface area contributed by atoms with Crippen LogP contribution in [0.4, 0.5) is 19.0 Å². The van der Waals surface area contributed by atoms with Crippen molar-refractivity contribution in [2.45, 2.75) is 52.6 Å². The van der Waals surface area contributed by atoms with E-state index in [2.05, 4.69) is 14.9 Å². The van der Waals surface area contributed by atoms with E-state index >= 15 is 0 Å². The van der Waals surface area contributed by atoms with Crippen molar-refractivity contribution < 1.29 is 27.2 Å². The zero-order chi connectivity index (χ0) is 25.0. The van der Waals surface area contributed by atoms with Crippen molar-refractivity contribution >= 4 is 5.82 Å². The number of likely N-dealkylation sites (N-methyl/N-ethyl adjacent to an activating group) is 1. The van der Waals surface area contributed by atoms with Gasteiger partial charge in [-0.15, -0.1) is 0 Å². The Morgan fingerprint density at radius 3 is 2.53 bits per heavy atom. The molecule has 34 heavy (non-hydrogen) atoms. The Labute approximate surface area is 194 Å². The van der Waals surface area contributed by atoms with E-state index in [-0.39, 0.29) is 17.7 Å². The molecule has 1 atom stereocenters. The lowest BCUT2D eigenvalue weighted by molar-refractivity contribution is -0.389. The molecule has 3 aromatic rings. The van der Waals surface area contributed by atoms with Gasteiger partial charge in [-0.25, -0.2) is 4.98 Å². The summed E-state index contributed by atoms with van der Waals surface area (Å²) in [5.41, 5.74) is 2.50. The average molecular weight is 481 g/mol. The second-order valence-corrected chi connectivity index (χ2v) is 7.67. The van der Waals surface area contributed by atoms with Crippen LogP contribution in [0.5, 0.6) is 6.01 Å². The van der Waals surface area contributed by atoms with Crippen molar-refractivity contribution in [1.29, 1.82) is 0 Å². The largest absolute Gasteiger partial charge is 0.450 e. The van der Waals surface area contributed by atoms with Crippen LogP contribution in [0, 0.1) is 10.1 Å². The van der Waals surface area contributed by atoms with Gasteiger partial charge >= 0.3 is 18.0 Å². The zero-order valence-corrected chi connectivity index (χ0v) is 19.3. The van der Waals surface area contributed by atoms with Gasteiger partial charge in [0.15, 0.2) is 5.76 Å². The molecule has 9 nitrogen and oxygen atoms in total. The topological polar surface area (TPSA) is 99.5 Å². The molecule has 1 unspecified atom stereocenters. The highest BCUT2D eigenvalue weighted by Gasteiger charge is 2.35. The lowest BCUT2D eigenvalue weighted by Crippen LogP contribution is -2.27. The quantitative estimate of drug-likeness (QED) is 0.377. The summed E-state index contributed by atoms with van der Waals surface area (Å²) in [6.45, 7) is 8.24. The Balaban J connectivity index is 0.000000197. The minimum absolute atomic E-state index is 0.0632. The second kappa shape index (κ2) is 10.2. The number of hydrogen-bond acceptors (Lipinski definition) is 7. The standard InChI is InChI=1S/C14H13F3N2O.C6H7N3O3.C2H6/c1-19-7-6-10-9(8-19)2-3-11(18-10)12-4-5-13(20-12)14(15,16)17;1-4-2-8-3-5(9(10)11)7-6(8)12-4;1-2/h2-5H,6-8H2,1H3;3-4H,2H2,1H3;1-2H3. The predicted octanol–water partition coefficient (Wildman–Crippen LogP) is 4.95. The summed E-state index contributed by atoms with van der Waals surface area (Å²) >= 11 is 0. The predicted molar refractivity (Wildman–Crippen MR) is 117 cm³/mol. The van der Waals surface area contributed by atoms with Crippen LogP contribution in [0.3, 0.4) is 0 Å². The fraction of sp³-hybridized carbons (Fsp3) is 0.455. The van der Waals surface area contributed by atoms with Crippen molar-refractivity contribution in [3.63, 3.8) is 0 Å². The summed E-state index contributed by atoms with van der Waals surface area (Å²) in [6.07, 6.45) is -2.21. The number of imidazole rings is 1. The third-order valence-corrected chi connectivity index (χ3v) is 5.05. The van der Waals surface area contributed by atoms with Gasteiger partial charge in [0.25, 0.3) is 0 Å². The number of pyridine rings is 1. The summed E-state index contributed by atoms with van der Waals surface area (Å²) in [5, 5.41) is 10.3. The van der Waals surface area contributed by atoms with Crippen LogP contribution in [0.25, 0.3) is 11.5 Å². The summed E-state index contributed by atoms with van der Waals surface area (Å²) in [6, 6.07) is 6.20. The highest BCUT2D eigenvalue weighted by molar-refractivity contribution is 5.53. The second-order valence-electron chi connectivity index (χ2n) is 7.67. The third-order valence-electron chi connectivity index (χ3n) is 5.05. The summed E-state index contributed by atoms with van der Waals surface area (Å²) in [4.78, 5) is 20.0. The Morgan fingerprint density at radius 2 is 1.91 bits per heavy atom. The van der Waals surface area contributed by atoms with Gasteiger partial charge in [-0.1, -0.05) is 19.9 Å². The van der Waals surface area contributed by atoms with Crippen LogP contribution >= 0.6 is 0 Å². The van der Waals surface area contributed by atoms with Crippen LogP contribution in [0.2, 0.25) is 0 Å². The van der Waals surface area contributed by atoms with Gasteiger partial charge in [0.05, 0.1) is 6.54 Å². The zero-order valence-electron chi connectivity index (χ0n) is 19.3. The molecule has 0 bridgehead atoms. The van der Waals surface area contributed by atoms with Gasteiger partial charge in [0, 0.05) is 30.2 Å². The fourth-order valence-corrected chi connectivity index (χ4v) is 3.52. The first kappa shape index (κ1) is 25.2. The first-order chi connectivity index (χ1) is 16.1. The molecule has 0 aromatic carbocycles. The molecule has 12 heteroatoms. The van der Waals surface area contributed by atoms with Gasteiger partial charge in [-0.05, 0) is 42.7 Å². The fourth-order valence-electron chi connectivity index (χ4n) is 3.52. The Bertz CT molecular complexity index is 1120. The minimum Gasteiger partial charge on any atom is -0.450 e. The third kappa shape index (κ3) is 5.74. The Hall–Kier alpha value is -3.41. The van der Waals surface area contributed by atoms with E-state index in [1.807, 2.05) is 33.9 Å². The number of furan rings is 1. The maximum absolute atomic E-state index is 12.5. The van der Waals surface area contributed by atoms with Crippen molar-refractivity contribution in [1.82, 2.24) is 19.4 Å². The van der Waals surface area contributed by atoms with E-state index in [4.69, 9.17) is 9.15 Å². The molecule has 0 fully saturated rings. The molecule has 0 spiro atoms. The van der Waals surface area contributed by atoms with Gasteiger partial charge < -0.3 is 24.2 Å². The lowest BCUT2D eigenvalue weighted by atomic mass is 10.1. The summed E-state index contributed by atoms with van der Waals surface area (Å²) in [7, 11) is 2.03. The molecule has 0 saturated heterocycles. The molecule has 5 heterocycles. The van der Waals surface area contributed by atoms with Crippen LogP contribution in [0.15, 0.2) is 34.9 Å². The lowest BCUT2D eigenvalue weighted by Gasteiger charge is -2.24. The van der Waals surface area contributed by atoms with Crippen LogP contribution in [0.1, 0.15) is 37.8 Å². The van der Waals surface area contributed by atoms with Crippen molar-refractivity contribution in [3.05, 3.63) is 57.6 Å². The number of halogens is 3. The number of nitro groups is 1. The number of ether oxygens (including phenoxy) is 1. The SMILES string of the molecule is CC.CC1Cn2cc([N+](=O)[O-])nc2O1.CN1CCc2nc(-c3ccc(C(F)(F)F)o3)ccc2C1. The van der Waals surface area contributed by atoms with Crippen LogP contribution in [-0.4, -0.2) is 44.1 Å². The maximum atomic E-state index is 12.5. The molecule has 2 aliphatic rings. The van der Waals surface area contributed by atoms with Gasteiger partial charge in [-0.3, -0.25) is 4.57 Å². The Morgan fingerprint density at radius 1 is 1.18 bits per heavy atom. The molecule has 0 aliphatic carbocycles. The highest BCUT2D eigenvalue weighted by atomic mass is 19.4. The van der Waals surface area contributed by atoms with Crippen molar-refractivity contribution in [2.75, 3.05) is 13.6 Å². The van der Waals surface area contributed by atoms with E-state index in [0.717, 1.165) is 36.8 Å². The molecule has 0 radical (unpaired) electrons. The van der Waals surface area contributed by atoms with E-state index in [0.29, 0.717) is 18.2 Å². The molecule has 0 N–H and O–H groups in total. The number of nitrogens with zero attached hydrogens (tertiary/aromatic N) is 5. The van der Waals surface area contributed by atoms with E-state index in [1.165, 1.54) is 12.3 Å². The molecule has 0 amide bonds.